The average Bonchev–Trinajstić information content (AvgIpc) is 3.41. The third kappa shape index (κ3) is 3.78. The van der Waals surface area contributed by atoms with E-state index < -0.39 is 5.91 Å². The lowest BCUT2D eigenvalue weighted by molar-refractivity contribution is -0.120. The smallest absolute Gasteiger partial charge is 0.255 e. The number of carbonyl (C=O) groups is 2. The molecule has 1 aliphatic heterocycles. The van der Waals surface area contributed by atoms with Gasteiger partial charge in [-0.2, -0.15) is 14.3 Å². The Balaban J connectivity index is 1.57. The van der Waals surface area contributed by atoms with E-state index in [4.69, 9.17) is 15.2 Å². The molecular weight excluding hydrogens is 440 g/mol. The number of benzene rings is 1. The summed E-state index contributed by atoms with van der Waals surface area (Å²) < 4.78 is 14.4. The van der Waals surface area contributed by atoms with Gasteiger partial charge in [0.15, 0.2) is 29.6 Å². The molecule has 0 aliphatic carbocycles. The number of fused-ring (bicyclic) bond motifs is 2. The number of aromatic nitrogens is 6. The first-order chi connectivity index (χ1) is 16.4. The van der Waals surface area contributed by atoms with Gasteiger partial charge in [0.2, 0.25) is 5.91 Å². The number of nitrogens with zero attached hydrogens (tertiary/aromatic N) is 6. The summed E-state index contributed by atoms with van der Waals surface area (Å²) in [6, 6.07) is 8.94. The van der Waals surface area contributed by atoms with E-state index in [0.717, 1.165) is 16.8 Å². The fraction of sp³-hybridized carbons (Fsp3) is 0.273. The van der Waals surface area contributed by atoms with Crippen LogP contribution in [0.2, 0.25) is 0 Å². The standard InChI is InChI=1S/C22H22N8O4/c1-3-33-16-8-13(4-5-15(16)34-10-17(23)31)14-9-20(32)25-22-21(14)12(2)27-30(22)19-7-6-18-26-24-11-29(18)28-19/h4-8,11,14H,3,9-10H2,1-2H3,(H2,23,31)(H,25,32). The summed E-state index contributed by atoms with van der Waals surface area (Å²) in [5, 5.41) is 19.9. The van der Waals surface area contributed by atoms with Gasteiger partial charge in [0, 0.05) is 17.9 Å². The van der Waals surface area contributed by atoms with Crippen LogP contribution in [0.1, 0.15) is 36.1 Å². The number of nitrogens with two attached hydrogens (primary N) is 1. The number of anilines is 1. The minimum Gasteiger partial charge on any atom is -0.490 e. The first kappa shape index (κ1) is 21.4. The quantitative estimate of drug-likeness (QED) is 0.418. The predicted molar refractivity (Wildman–Crippen MR) is 120 cm³/mol. The molecule has 5 rings (SSSR count). The number of ether oxygens (including phenoxy) is 2. The van der Waals surface area contributed by atoms with Gasteiger partial charge in [0.05, 0.1) is 12.3 Å². The Bertz CT molecular complexity index is 1410. The minimum atomic E-state index is -0.582. The van der Waals surface area contributed by atoms with E-state index in [2.05, 4.69) is 25.7 Å². The van der Waals surface area contributed by atoms with Crippen molar-refractivity contribution in [2.75, 3.05) is 18.5 Å². The molecule has 1 atom stereocenters. The van der Waals surface area contributed by atoms with Gasteiger partial charge in [-0.15, -0.1) is 15.3 Å². The second kappa shape index (κ2) is 8.46. The van der Waals surface area contributed by atoms with Crippen LogP contribution in [0.15, 0.2) is 36.7 Å². The van der Waals surface area contributed by atoms with E-state index in [1.54, 1.807) is 27.4 Å². The van der Waals surface area contributed by atoms with Gasteiger partial charge in [-0.1, -0.05) is 6.07 Å². The molecule has 34 heavy (non-hydrogen) atoms. The molecular formula is C22H22N8O4. The third-order valence-electron chi connectivity index (χ3n) is 5.51. The SMILES string of the molecule is CCOc1cc(C2CC(=O)Nc3c2c(C)nn3-c2ccc3nncn3n2)ccc1OCC(N)=O. The molecule has 0 saturated carbocycles. The van der Waals surface area contributed by atoms with Crippen molar-refractivity contribution in [3.8, 4) is 17.3 Å². The number of amides is 2. The van der Waals surface area contributed by atoms with E-state index in [1.807, 2.05) is 26.0 Å². The zero-order valence-corrected chi connectivity index (χ0v) is 18.6. The van der Waals surface area contributed by atoms with E-state index in [1.165, 1.54) is 6.33 Å². The van der Waals surface area contributed by atoms with Gasteiger partial charge >= 0.3 is 0 Å². The molecule has 0 spiro atoms. The zero-order chi connectivity index (χ0) is 23.8. The van der Waals surface area contributed by atoms with Gasteiger partial charge in [0.25, 0.3) is 5.91 Å². The fourth-order valence-corrected chi connectivity index (χ4v) is 4.11. The van der Waals surface area contributed by atoms with Crippen LogP contribution in [0, 0.1) is 6.92 Å². The van der Waals surface area contributed by atoms with E-state index in [-0.39, 0.29) is 24.9 Å². The van der Waals surface area contributed by atoms with Crippen LogP contribution in [0.4, 0.5) is 5.82 Å². The highest BCUT2D eigenvalue weighted by Crippen LogP contribution is 2.42. The first-order valence-corrected chi connectivity index (χ1v) is 10.7. The zero-order valence-electron chi connectivity index (χ0n) is 18.6. The highest BCUT2D eigenvalue weighted by Gasteiger charge is 2.33. The second-order valence-electron chi connectivity index (χ2n) is 7.78. The largest absolute Gasteiger partial charge is 0.490 e. The highest BCUT2D eigenvalue weighted by molar-refractivity contribution is 5.95. The molecule has 1 aromatic carbocycles. The normalized spacial score (nSPS) is 15.1. The van der Waals surface area contributed by atoms with Crippen LogP contribution in [0.25, 0.3) is 11.5 Å². The number of nitrogens with one attached hydrogen (secondary N) is 1. The van der Waals surface area contributed by atoms with Crippen molar-refractivity contribution in [2.24, 2.45) is 5.73 Å². The number of hydrogen-bond acceptors (Lipinski definition) is 8. The van der Waals surface area contributed by atoms with Gasteiger partial charge in [-0.3, -0.25) is 9.59 Å². The molecule has 0 bridgehead atoms. The molecule has 0 saturated heterocycles. The Hall–Kier alpha value is -4.48. The van der Waals surface area contributed by atoms with Crippen LogP contribution in [0.3, 0.4) is 0 Å². The molecule has 0 fully saturated rings. The van der Waals surface area contributed by atoms with Gasteiger partial charge < -0.3 is 20.5 Å². The number of hydrogen-bond donors (Lipinski definition) is 2. The lowest BCUT2D eigenvalue weighted by Gasteiger charge is -2.25. The van der Waals surface area contributed by atoms with Crippen LogP contribution in [-0.4, -0.2) is 54.6 Å². The third-order valence-corrected chi connectivity index (χ3v) is 5.51. The summed E-state index contributed by atoms with van der Waals surface area (Å²) in [7, 11) is 0. The van der Waals surface area contributed by atoms with E-state index in [9.17, 15) is 9.59 Å². The van der Waals surface area contributed by atoms with E-state index in [0.29, 0.717) is 35.4 Å². The molecule has 3 aromatic heterocycles. The Morgan fingerprint density at radius 2 is 2.06 bits per heavy atom. The Morgan fingerprint density at radius 3 is 2.85 bits per heavy atom. The predicted octanol–water partition coefficient (Wildman–Crippen LogP) is 1.36. The number of rotatable bonds is 7. The number of carbonyl (C=O) groups excluding carboxylic acids is 2. The monoisotopic (exact) mass is 462 g/mol. The topological polar surface area (TPSA) is 152 Å². The molecule has 0 radical (unpaired) electrons. The van der Waals surface area contributed by atoms with Crippen molar-refractivity contribution in [1.29, 1.82) is 0 Å². The Morgan fingerprint density at radius 1 is 1.21 bits per heavy atom. The maximum absolute atomic E-state index is 12.7. The van der Waals surface area contributed by atoms with Crippen molar-refractivity contribution in [1.82, 2.24) is 29.6 Å². The maximum Gasteiger partial charge on any atom is 0.255 e. The molecule has 3 N–H and O–H groups in total. The second-order valence-corrected chi connectivity index (χ2v) is 7.78. The molecule has 2 amide bonds. The van der Waals surface area contributed by atoms with Crippen LogP contribution in [-0.2, 0) is 9.59 Å². The Labute approximate surface area is 193 Å². The van der Waals surface area contributed by atoms with Gasteiger partial charge in [-0.25, -0.2) is 0 Å². The minimum absolute atomic E-state index is 0.143. The van der Waals surface area contributed by atoms with E-state index >= 15 is 0 Å². The molecule has 4 aromatic rings. The molecule has 4 heterocycles. The number of primary amides is 1. The van der Waals surface area contributed by atoms with Gasteiger partial charge in [-0.05, 0) is 43.7 Å². The first-order valence-electron chi connectivity index (χ1n) is 10.7. The summed E-state index contributed by atoms with van der Waals surface area (Å²) in [5.74, 6) is 0.966. The lowest BCUT2D eigenvalue weighted by atomic mass is 9.85. The van der Waals surface area contributed by atoms with Crippen molar-refractivity contribution < 1.29 is 19.1 Å². The summed E-state index contributed by atoms with van der Waals surface area (Å²) in [6.07, 6.45) is 1.74. The average molecular weight is 462 g/mol. The molecule has 174 valence electrons. The molecule has 1 unspecified atom stereocenters. The number of aryl methyl sites for hydroxylation is 1. The lowest BCUT2D eigenvalue weighted by Crippen LogP contribution is -2.25. The fourth-order valence-electron chi connectivity index (χ4n) is 4.11. The van der Waals surface area contributed by atoms with Crippen LogP contribution >= 0.6 is 0 Å². The maximum atomic E-state index is 12.7. The van der Waals surface area contributed by atoms with Crippen molar-refractivity contribution in [3.63, 3.8) is 0 Å². The van der Waals surface area contributed by atoms with Crippen molar-refractivity contribution in [3.05, 3.63) is 53.5 Å². The molecule has 1 aliphatic rings. The molecule has 12 heteroatoms. The van der Waals surface area contributed by atoms with Crippen molar-refractivity contribution >= 4 is 23.3 Å². The van der Waals surface area contributed by atoms with Crippen molar-refractivity contribution in [2.45, 2.75) is 26.2 Å². The summed E-state index contributed by atoms with van der Waals surface area (Å²) >= 11 is 0. The summed E-state index contributed by atoms with van der Waals surface area (Å²) in [4.78, 5) is 23.9. The highest BCUT2D eigenvalue weighted by atomic mass is 16.5. The summed E-state index contributed by atoms with van der Waals surface area (Å²) in [6.45, 7) is 3.89. The van der Waals surface area contributed by atoms with Crippen LogP contribution in [0.5, 0.6) is 11.5 Å². The summed E-state index contributed by atoms with van der Waals surface area (Å²) in [5.41, 5.74) is 8.31. The van der Waals surface area contributed by atoms with Gasteiger partial charge in [0.1, 0.15) is 12.1 Å². The van der Waals surface area contributed by atoms with Crippen LogP contribution < -0.4 is 20.5 Å². The molecule has 12 nitrogen and oxygen atoms in total. The Kier molecular flexibility index (Phi) is 5.32.